The van der Waals surface area contributed by atoms with E-state index in [-0.39, 0.29) is 0 Å². The first-order valence-corrected chi connectivity index (χ1v) is 7.48. The van der Waals surface area contributed by atoms with Gasteiger partial charge >= 0.3 is 0 Å². The van der Waals surface area contributed by atoms with E-state index in [2.05, 4.69) is 31.4 Å². The molecule has 2 rings (SSSR count). The number of rotatable bonds is 4. The first-order valence-electron chi connectivity index (χ1n) is 7.10. The van der Waals surface area contributed by atoms with E-state index in [1.54, 1.807) is 0 Å². The number of hydrogen-bond donors (Lipinski definition) is 1. The standard InChI is InChI=1S/C16H24ClN/c1-12-6-8-14(9-7-12)16(18-2)11-13-4-3-5-15(17)10-13/h3-5,10,12,14,16,18H,6-9,11H2,1-2H3. The van der Waals surface area contributed by atoms with Crippen LogP contribution in [-0.2, 0) is 6.42 Å². The molecular weight excluding hydrogens is 242 g/mol. The van der Waals surface area contributed by atoms with Gasteiger partial charge in [-0.15, -0.1) is 0 Å². The van der Waals surface area contributed by atoms with E-state index in [0.29, 0.717) is 6.04 Å². The van der Waals surface area contributed by atoms with Gasteiger partial charge < -0.3 is 5.32 Å². The topological polar surface area (TPSA) is 12.0 Å². The summed E-state index contributed by atoms with van der Waals surface area (Å²) in [6.45, 7) is 2.38. The summed E-state index contributed by atoms with van der Waals surface area (Å²) in [4.78, 5) is 0. The van der Waals surface area contributed by atoms with Crippen LogP contribution in [0.3, 0.4) is 0 Å². The van der Waals surface area contributed by atoms with Crippen LogP contribution in [0.1, 0.15) is 38.2 Å². The van der Waals surface area contributed by atoms with Crippen LogP contribution in [0.2, 0.25) is 5.02 Å². The number of benzene rings is 1. The van der Waals surface area contributed by atoms with Gasteiger partial charge in [-0.25, -0.2) is 0 Å². The predicted octanol–water partition coefficient (Wildman–Crippen LogP) is 4.30. The molecular formula is C16H24ClN. The fourth-order valence-electron chi connectivity index (χ4n) is 3.11. The summed E-state index contributed by atoms with van der Waals surface area (Å²) in [6, 6.07) is 8.87. The molecule has 0 amide bonds. The molecule has 0 radical (unpaired) electrons. The van der Waals surface area contributed by atoms with Crippen molar-refractivity contribution in [2.24, 2.45) is 11.8 Å². The molecule has 1 N–H and O–H groups in total. The van der Waals surface area contributed by atoms with Gasteiger partial charge in [0.15, 0.2) is 0 Å². The Kier molecular flexibility index (Phi) is 5.08. The van der Waals surface area contributed by atoms with Gasteiger partial charge in [0, 0.05) is 11.1 Å². The lowest BCUT2D eigenvalue weighted by Crippen LogP contribution is -2.37. The second-order valence-electron chi connectivity index (χ2n) is 5.75. The Bertz CT molecular complexity index is 369. The van der Waals surface area contributed by atoms with Crippen molar-refractivity contribution in [3.63, 3.8) is 0 Å². The Hall–Kier alpha value is -0.530. The Morgan fingerprint density at radius 1 is 1.28 bits per heavy atom. The van der Waals surface area contributed by atoms with E-state index in [1.807, 2.05) is 12.1 Å². The van der Waals surface area contributed by atoms with E-state index in [1.165, 1.54) is 31.2 Å². The molecule has 0 spiro atoms. The van der Waals surface area contributed by atoms with Crippen molar-refractivity contribution < 1.29 is 0 Å². The van der Waals surface area contributed by atoms with Gasteiger partial charge in [0.25, 0.3) is 0 Å². The van der Waals surface area contributed by atoms with E-state index >= 15 is 0 Å². The molecule has 1 aromatic rings. The van der Waals surface area contributed by atoms with Gasteiger partial charge in [-0.05, 0) is 55.8 Å². The number of halogens is 1. The lowest BCUT2D eigenvalue weighted by molar-refractivity contribution is 0.235. The summed E-state index contributed by atoms with van der Waals surface area (Å²) in [7, 11) is 2.09. The van der Waals surface area contributed by atoms with Crippen molar-refractivity contribution >= 4 is 11.6 Å². The zero-order chi connectivity index (χ0) is 13.0. The second kappa shape index (κ2) is 6.58. The third-order valence-corrected chi connectivity index (χ3v) is 4.58. The van der Waals surface area contributed by atoms with Gasteiger partial charge in [-0.2, -0.15) is 0 Å². The number of likely N-dealkylation sites (N-methyl/N-ethyl adjacent to an activating group) is 1. The monoisotopic (exact) mass is 265 g/mol. The predicted molar refractivity (Wildman–Crippen MR) is 79.1 cm³/mol. The van der Waals surface area contributed by atoms with Crippen molar-refractivity contribution in [2.45, 2.75) is 45.1 Å². The van der Waals surface area contributed by atoms with Crippen LogP contribution < -0.4 is 5.32 Å². The molecule has 1 atom stereocenters. The number of nitrogens with one attached hydrogen (secondary N) is 1. The lowest BCUT2D eigenvalue weighted by Gasteiger charge is -2.32. The molecule has 0 aromatic heterocycles. The SMILES string of the molecule is CNC(Cc1cccc(Cl)c1)C1CCC(C)CC1. The quantitative estimate of drug-likeness (QED) is 0.856. The van der Waals surface area contributed by atoms with Crippen molar-refractivity contribution in [2.75, 3.05) is 7.05 Å². The summed E-state index contributed by atoms with van der Waals surface area (Å²) in [6.07, 6.45) is 6.60. The molecule has 1 fully saturated rings. The summed E-state index contributed by atoms with van der Waals surface area (Å²) < 4.78 is 0. The molecule has 100 valence electrons. The first kappa shape index (κ1) is 13.9. The average Bonchev–Trinajstić information content (AvgIpc) is 2.37. The highest BCUT2D eigenvalue weighted by Gasteiger charge is 2.25. The van der Waals surface area contributed by atoms with Crippen molar-refractivity contribution in [1.82, 2.24) is 5.32 Å². The zero-order valence-corrected chi connectivity index (χ0v) is 12.2. The van der Waals surface area contributed by atoms with Crippen LogP contribution in [-0.4, -0.2) is 13.1 Å². The van der Waals surface area contributed by atoms with Crippen LogP contribution in [0.5, 0.6) is 0 Å². The minimum absolute atomic E-state index is 0.593. The maximum Gasteiger partial charge on any atom is 0.0408 e. The van der Waals surface area contributed by atoms with E-state index < -0.39 is 0 Å². The first-order chi connectivity index (χ1) is 8.69. The minimum atomic E-state index is 0.593. The maximum absolute atomic E-state index is 6.06. The highest BCUT2D eigenvalue weighted by atomic mass is 35.5. The molecule has 1 aliphatic carbocycles. The van der Waals surface area contributed by atoms with Gasteiger partial charge in [0.1, 0.15) is 0 Å². The van der Waals surface area contributed by atoms with Crippen molar-refractivity contribution in [3.8, 4) is 0 Å². The van der Waals surface area contributed by atoms with Gasteiger partial charge in [-0.3, -0.25) is 0 Å². The van der Waals surface area contributed by atoms with Crippen molar-refractivity contribution in [3.05, 3.63) is 34.9 Å². The van der Waals surface area contributed by atoms with Crippen LogP contribution in [0, 0.1) is 11.8 Å². The highest BCUT2D eigenvalue weighted by Crippen LogP contribution is 2.31. The minimum Gasteiger partial charge on any atom is -0.316 e. The molecule has 1 aromatic carbocycles. The highest BCUT2D eigenvalue weighted by molar-refractivity contribution is 6.30. The number of hydrogen-bond acceptors (Lipinski definition) is 1. The molecule has 2 heteroatoms. The fourth-order valence-corrected chi connectivity index (χ4v) is 3.32. The van der Waals surface area contributed by atoms with Crippen LogP contribution >= 0.6 is 11.6 Å². The summed E-state index contributed by atoms with van der Waals surface area (Å²) >= 11 is 6.06. The van der Waals surface area contributed by atoms with Crippen LogP contribution in [0.25, 0.3) is 0 Å². The third-order valence-electron chi connectivity index (χ3n) is 4.34. The molecule has 1 saturated carbocycles. The molecule has 1 aliphatic rings. The van der Waals surface area contributed by atoms with Gasteiger partial charge in [0.2, 0.25) is 0 Å². The largest absolute Gasteiger partial charge is 0.316 e. The summed E-state index contributed by atoms with van der Waals surface area (Å²) in [5.41, 5.74) is 1.35. The Morgan fingerprint density at radius 2 is 2.00 bits per heavy atom. The lowest BCUT2D eigenvalue weighted by atomic mass is 9.78. The fraction of sp³-hybridized carbons (Fsp3) is 0.625. The Morgan fingerprint density at radius 3 is 2.61 bits per heavy atom. The molecule has 1 unspecified atom stereocenters. The van der Waals surface area contributed by atoms with E-state index in [9.17, 15) is 0 Å². The van der Waals surface area contributed by atoms with E-state index in [0.717, 1.165) is 23.3 Å². The molecule has 0 bridgehead atoms. The van der Waals surface area contributed by atoms with Crippen LogP contribution in [0.4, 0.5) is 0 Å². The zero-order valence-electron chi connectivity index (χ0n) is 11.5. The molecule has 1 nitrogen and oxygen atoms in total. The van der Waals surface area contributed by atoms with E-state index in [4.69, 9.17) is 11.6 Å². The smallest absolute Gasteiger partial charge is 0.0408 e. The molecule has 0 heterocycles. The molecule has 0 aliphatic heterocycles. The van der Waals surface area contributed by atoms with Gasteiger partial charge in [-0.1, -0.05) is 43.5 Å². The summed E-state index contributed by atoms with van der Waals surface area (Å²) in [5.74, 6) is 1.75. The molecule has 0 saturated heterocycles. The Balaban J connectivity index is 1.96. The maximum atomic E-state index is 6.06. The normalized spacial score (nSPS) is 25.9. The second-order valence-corrected chi connectivity index (χ2v) is 6.19. The average molecular weight is 266 g/mol. The Labute approximate surface area is 116 Å². The third kappa shape index (κ3) is 3.73. The molecule has 18 heavy (non-hydrogen) atoms. The van der Waals surface area contributed by atoms with Crippen LogP contribution in [0.15, 0.2) is 24.3 Å². The van der Waals surface area contributed by atoms with Crippen molar-refractivity contribution in [1.29, 1.82) is 0 Å². The summed E-state index contributed by atoms with van der Waals surface area (Å²) in [5, 5.41) is 4.36. The van der Waals surface area contributed by atoms with Gasteiger partial charge in [0.05, 0.1) is 0 Å².